The highest BCUT2D eigenvalue weighted by atomic mass is 16.5. The number of hydrogen-bond donors (Lipinski definition) is 1. The molecule has 4 nitrogen and oxygen atoms in total. The maximum Gasteiger partial charge on any atom is 0.339 e. The van der Waals surface area contributed by atoms with Crippen LogP contribution in [0.2, 0.25) is 0 Å². The van der Waals surface area contributed by atoms with Crippen molar-refractivity contribution in [3.63, 3.8) is 0 Å². The van der Waals surface area contributed by atoms with E-state index in [-0.39, 0.29) is 22.6 Å². The fourth-order valence-corrected chi connectivity index (χ4v) is 2.25. The number of rotatable bonds is 6. The fourth-order valence-electron chi connectivity index (χ4n) is 2.25. The molecule has 0 saturated carbocycles. The monoisotopic (exact) mass is 306 g/mol. The molecule has 0 aromatic heterocycles. The van der Waals surface area contributed by atoms with E-state index in [9.17, 15) is 14.7 Å². The lowest BCUT2D eigenvalue weighted by Crippen LogP contribution is -2.20. The van der Waals surface area contributed by atoms with Crippen LogP contribution in [0, 0.1) is 0 Å². The first-order valence-corrected chi connectivity index (χ1v) is 7.79. The molecule has 1 aromatic carbocycles. The van der Waals surface area contributed by atoms with Crippen LogP contribution in [0.25, 0.3) is 0 Å². The Morgan fingerprint density at radius 1 is 1.18 bits per heavy atom. The molecule has 0 radical (unpaired) electrons. The topological polar surface area (TPSA) is 63.6 Å². The van der Waals surface area contributed by atoms with E-state index in [4.69, 9.17) is 4.74 Å². The number of aromatic carboxylic acids is 1. The summed E-state index contributed by atoms with van der Waals surface area (Å²) >= 11 is 0. The van der Waals surface area contributed by atoms with Gasteiger partial charge in [0, 0.05) is 0 Å². The summed E-state index contributed by atoms with van der Waals surface area (Å²) in [6, 6.07) is 4.93. The lowest BCUT2D eigenvalue weighted by Gasteiger charge is -2.21. The minimum Gasteiger partial charge on any atom is -0.478 e. The Morgan fingerprint density at radius 3 is 2.27 bits per heavy atom. The average molecular weight is 306 g/mol. The molecule has 1 atom stereocenters. The average Bonchev–Trinajstić information content (AvgIpc) is 2.44. The molecule has 0 saturated heterocycles. The zero-order valence-electron chi connectivity index (χ0n) is 14.1. The van der Waals surface area contributed by atoms with Gasteiger partial charge in [0.15, 0.2) is 0 Å². The Balaban J connectivity index is 3.13. The maximum atomic E-state index is 12.3. The molecule has 0 aliphatic rings. The fraction of sp³-hybridized carbons (Fsp3) is 0.556. The number of carboxylic acid groups (broad SMARTS) is 1. The lowest BCUT2D eigenvalue weighted by molar-refractivity contribution is 0.0266. The molecule has 0 amide bonds. The van der Waals surface area contributed by atoms with Crippen LogP contribution in [0.5, 0.6) is 0 Å². The van der Waals surface area contributed by atoms with Crippen LogP contribution in [0.15, 0.2) is 18.2 Å². The third-order valence-corrected chi connectivity index (χ3v) is 3.68. The summed E-state index contributed by atoms with van der Waals surface area (Å²) in [4.78, 5) is 23.8. The van der Waals surface area contributed by atoms with Gasteiger partial charge in [-0.25, -0.2) is 9.59 Å². The van der Waals surface area contributed by atoms with E-state index in [1.165, 1.54) is 0 Å². The van der Waals surface area contributed by atoms with E-state index in [2.05, 4.69) is 0 Å². The van der Waals surface area contributed by atoms with Gasteiger partial charge in [-0.3, -0.25) is 0 Å². The van der Waals surface area contributed by atoms with E-state index in [0.717, 1.165) is 24.8 Å². The molecule has 1 rings (SSSR count). The molecule has 1 aromatic rings. The predicted octanol–water partition coefficient (Wildman–Crippen LogP) is 4.42. The summed E-state index contributed by atoms with van der Waals surface area (Å²) in [6.45, 7) is 9.98. The van der Waals surface area contributed by atoms with Gasteiger partial charge in [0.2, 0.25) is 0 Å². The molecule has 0 bridgehead atoms. The summed E-state index contributed by atoms with van der Waals surface area (Å²) in [5, 5.41) is 9.39. The second kappa shape index (κ2) is 7.43. The van der Waals surface area contributed by atoms with Gasteiger partial charge in [0.05, 0.1) is 11.1 Å². The van der Waals surface area contributed by atoms with E-state index in [0.29, 0.717) is 0 Å². The Morgan fingerprint density at radius 2 is 1.82 bits per heavy atom. The molecule has 0 aliphatic heterocycles. The Labute approximate surface area is 132 Å². The highest BCUT2D eigenvalue weighted by molar-refractivity contribution is 6.02. The molecule has 4 heteroatoms. The van der Waals surface area contributed by atoms with Crippen molar-refractivity contribution >= 4 is 11.9 Å². The smallest absolute Gasteiger partial charge is 0.339 e. The predicted molar refractivity (Wildman–Crippen MR) is 86.5 cm³/mol. The first kappa shape index (κ1) is 18.2. The molecule has 1 N–H and O–H groups in total. The van der Waals surface area contributed by atoms with Crippen molar-refractivity contribution in [2.24, 2.45) is 0 Å². The summed E-state index contributed by atoms with van der Waals surface area (Å²) in [7, 11) is 0. The number of carboxylic acids is 1. The van der Waals surface area contributed by atoms with Crippen LogP contribution in [-0.2, 0) is 10.2 Å². The molecule has 22 heavy (non-hydrogen) atoms. The second-order valence-corrected chi connectivity index (χ2v) is 6.54. The zero-order valence-corrected chi connectivity index (χ0v) is 14.1. The Kier molecular flexibility index (Phi) is 6.15. The van der Waals surface area contributed by atoms with Gasteiger partial charge < -0.3 is 9.84 Å². The van der Waals surface area contributed by atoms with E-state index < -0.39 is 11.9 Å². The summed E-state index contributed by atoms with van der Waals surface area (Å²) in [6.07, 6.45) is 2.26. The number of carbonyl (C=O) groups excluding carboxylic acids is 1. The van der Waals surface area contributed by atoms with Crippen molar-refractivity contribution in [2.75, 3.05) is 0 Å². The van der Waals surface area contributed by atoms with E-state index in [1.54, 1.807) is 18.2 Å². The summed E-state index contributed by atoms with van der Waals surface area (Å²) < 4.78 is 5.44. The third-order valence-electron chi connectivity index (χ3n) is 3.68. The largest absolute Gasteiger partial charge is 0.478 e. The minimum absolute atomic E-state index is 0.00350. The molecule has 1 unspecified atom stereocenters. The highest BCUT2D eigenvalue weighted by Gasteiger charge is 2.23. The van der Waals surface area contributed by atoms with Crippen molar-refractivity contribution in [3.8, 4) is 0 Å². The third kappa shape index (κ3) is 4.58. The van der Waals surface area contributed by atoms with Crippen molar-refractivity contribution in [1.82, 2.24) is 0 Å². The van der Waals surface area contributed by atoms with Gasteiger partial charge in [-0.2, -0.15) is 0 Å². The highest BCUT2D eigenvalue weighted by Crippen LogP contribution is 2.25. The van der Waals surface area contributed by atoms with Crippen LogP contribution in [0.4, 0.5) is 0 Å². The number of benzene rings is 1. The number of ether oxygens (including phenoxy) is 1. The van der Waals surface area contributed by atoms with Crippen molar-refractivity contribution in [2.45, 2.75) is 65.4 Å². The van der Waals surface area contributed by atoms with Gasteiger partial charge in [-0.05, 0) is 36.0 Å². The van der Waals surface area contributed by atoms with Gasteiger partial charge in [-0.1, -0.05) is 47.1 Å². The number of carbonyl (C=O) groups is 2. The first-order valence-electron chi connectivity index (χ1n) is 7.79. The van der Waals surface area contributed by atoms with E-state index in [1.807, 2.05) is 34.6 Å². The van der Waals surface area contributed by atoms with Crippen molar-refractivity contribution in [1.29, 1.82) is 0 Å². The molecule has 0 heterocycles. The quantitative estimate of drug-likeness (QED) is 0.790. The molecule has 0 aliphatic carbocycles. The molecular weight excluding hydrogens is 280 g/mol. The van der Waals surface area contributed by atoms with Gasteiger partial charge in [0.25, 0.3) is 0 Å². The minimum atomic E-state index is -1.11. The zero-order chi connectivity index (χ0) is 16.9. The summed E-state index contributed by atoms with van der Waals surface area (Å²) in [5.41, 5.74) is 0.821. The molecular formula is C18H26O4. The molecule has 122 valence electrons. The molecule has 0 spiro atoms. The SMILES string of the molecule is CCCC(CC)OC(=O)c1ccc(C(C)(C)C)cc1C(=O)O. The summed E-state index contributed by atoms with van der Waals surface area (Å²) in [5.74, 6) is -1.67. The van der Waals surface area contributed by atoms with Crippen LogP contribution >= 0.6 is 0 Å². The van der Waals surface area contributed by atoms with Crippen LogP contribution < -0.4 is 0 Å². The van der Waals surface area contributed by atoms with Crippen LogP contribution in [-0.4, -0.2) is 23.1 Å². The standard InChI is InChI=1S/C18H26O4/c1-6-8-13(7-2)22-17(21)14-10-9-12(18(3,4)5)11-15(14)16(19)20/h9-11,13H,6-8H2,1-5H3,(H,19,20). The molecule has 0 fully saturated rings. The van der Waals surface area contributed by atoms with E-state index >= 15 is 0 Å². The van der Waals surface area contributed by atoms with Crippen LogP contribution in [0.1, 0.15) is 80.2 Å². The Bertz CT molecular complexity index is 541. The van der Waals surface area contributed by atoms with Gasteiger partial charge >= 0.3 is 11.9 Å². The second-order valence-electron chi connectivity index (χ2n) is 6.54. The number of hydrogen-bond acceptors (Lipinski definition) is 3. The number of esters is 1. The van der Waals surface area contributed by atoms with Crippen LogP contribution in [0.3, 0.4) is 0 Å². The van der Waals surface area contributed by atoms with Crippen molar-refractivity contribution < 1.29 is 19.4 Å². The lowest BCUT2D eigenvalue weighted by atomic mass is 9.85. The van der Waals surface area contributed by atoms with Gasteiger partial charge in [-0.15, -0.1) is 0 Å². The van der Waals surface area contributed by atoms with Gasteiger partial charge in [0.1, 0.15) is 6.10 Å². The first-order chi connectivity index (χ1) is 10.2. The van der Waals surface area contributed by atoms with Crippen molar-refractivity contribution in [3.05, 3.63) is 34.9 Å². The Hall–Kier alpha value is -1.84. The maximum absolute atomic E-state index is 12.3. The normalized spacial score (nSPS) is 12.8.